The van der Waals surface area contributed by atoms with E-state index in [1.165, 1.54) is 0 Å². The van der Waals surface area contributed by atoms with E-state index in [9.17, 15) is 9.59 Å². The molecule has 1 aromatic heterocycles. The van der Waals surface area contributed by atoms with Crippen molar-refractivity contribution in [3.8, 4) is 0 Å². The molecular formula is C21H27N5O2. The SMILES string of the molecule is CC(=O)N1CCN(c2ncc(C(=O)Nc3ccccc3C(C)(C)C)cn2)CC1. The number of piperazine rings is 1. The average molecular weight is 381 g/mol. The van der Waals surface area contributed by atoms with Crippen molar-refractivity contribution in [1.82, 2.24) is 14.9 Å². The standard InChI is InChI=1S/C21H27N5O2/c1-15(27)25-9-11-26(12-10-25)20-22-13-16(14-23-20)19(28)24-18-8-6-5-7-17(18)21(2,3)4/h5-8,13-14H,9-12H2,1-4H3,(H,24,28). The van der Waals surface area contributed by atoms with Crippen LogP contribution in [0, 0.1) is 0 Å². The zero-order valence-electron chi connectivity index (χ0n) is 16.9. The number of carbonyl (C=O) groups excluding carboxylic acids is 2. The van der Waals surface area contributed by atoms with Gasteiger partial charge in [0, 0.05) is 51.2 Å². The minimum absolute atomic E-state index is 0.0771. The van der Waals surface area contributed by atoms with Crippen molar-refractivity contribution in [3.05, 3.63) is 47.8 Å². The van der Waals surface area contributed by atoms with Crippen LogP contribution < -0.4 is 10.2 Å². The highest BCUT2D eigenvalue weighted by Crippen LogP contribution is 2.29. The summed E-state index contributed by atoms with van der Waals surface area (Å²) in [4.78, 5) is 36.6. The first-order valence-electron chi connectivity index (χ1n) is 9.49. The Hall–Kier alpha value is -2.96. The molecule has 1 saturated heterocycles. The van der Waals surface area contributed by atoms with E-state index in [2.05, 4.69) is 36.1 Å². The Morgan fingerprint density at radius 1 is 1.00 bits per heavy atom. The number of nitrogens with one attached hydrogen (secondary N) is 1. The van der Waals surface area contributed by atoms with Crippen LogP contribution in [0.5, 0.6) is 0 Å². The molecule has 1 aliphatic rings. The molecule has 0 spiro atoms. The lowest BCUT2D eigenvalue weighted by atomic mass is 9.86. The molecule has 1 N–H and O–H groups in total. The molecule has 0 radical (unpaired) electrons. The molecule has 28 heavy (non-hydrogen) atoms. The fourth-order valence-corrected chi connectivity index (χ4v) is 3.26. The molecule has 0 bridgehead atoms. The third-order valence-electron chi connectivity index (χ3n) is 4.89. The lowest BCUT2D eigenvalue weighted by molar-refractivity contribution is -0.129. The first-order chi connectivity index (χ1) is 13.3. The Bertz CT molecular complexity index is 850. The molecule has 7 heteroatoms. The van der Waals surface area contributed by atoms with Gasteiger partial charge in [-0.3, -0.25) is 9.59 Å². The number of hydrogen-bond acceptors (Lipinski definition) is 5. The molecule has 2 heterocycles. The number of carbonyl (C=O) groups is 2. The fourth-order valence-electron chi connectivity index (χ4n) is 3.26. The summed E-state index contributed by atoms with van der Waals surface area (Å²) in [5.74, 6) is 0.433. The van der Waals surface area contributed by atoms with Gasteiger partial charge < -0.3 is 15.1 Å². The predicted octanol–water partition coefficient (Wildman–Crippen LogP) is 2.69. The van der Waals surface area contributed by atoms with E-state index in [4.69, 9.17) is 0 Å². The summed E-state index contributed by atoms with van der Waals surface area (Å²) in [6.07, 6.45) is 3.10. The molecular weight excluding hydrogens is 354 g/mol. The Morgan fingerprint density at radius 2 is 1.61 bits per heavy atom. The first kappa shape index (κ1) is 19.8. The number of amides is 2. The minimum Gasteiger partial charge on any atom is -0.339 e. The number of rotatable bonds is 3. The molecule has 0 unspecified atom stereocenters. The van der Waals surface area contributed by atoms with Crippen LogP contribution in [0.3, 0.4) is 0 Å². The monoisotopic (exact) mass is 381 g/mol. The second-order valence-electron chi connectivity index (χ2n) is 8.01. The van der Waals surface area contributed by atoms with Gasteiger partial charge in [0.2, 0.25) is 11.9 Å². The van der Waals surface area contributed by atoms with Crippen LogP contribution in [0.1, 0.15) is 43.6 Å². The summed E-state index contributed by atoms with van der Waals surface area (Å²) in [5, 5.41) is 2.97. The summed E-state index contributed by atoms with van der Waals surface area (Å²) in [6, 6.07) is 7.81. The number of aromatic nitrogens is 2. The summed E-state index contributed by atoms with van der Waals surface area (Å²) >= 11 is 0. The van der Waals surface area contributed by atoms with Crippen molar-refractivity contribution in [2.75, 3.05) is 36.4 Å². The number of benzene rings is 1. The Morgan fingerprint density at radius 3 is 2.18 bits per heavy atom. The molecule has 1 fully saturated rings. The maximum atomic E-state index is 12.6. The van der Waals surface area contributed by atoms with Crippen LogP contribution in [0.15, 0.2) is 36.7 Å². The van der Waals surface area contributed by atoms with Gasteiger partial charge in [0.15, 0.2) is 0 Å². The number of nitrogens with zero attached hydrogens (tertiary/aromatic N) is 4. The molecule has 148 valence electrons. The highest BCUT2D eigenvalue weighted by molar-refractivity contribution is 6.04. The Balaban J connectivity index is 1.68. The normalized spacial score (nSPS) is 14.7. The van der Waals surface area contributed by atoms with Gasteiger partial charge in [-0.15, -0.1) is 0 Å². The Labute approximate surface area is 165 Å². The van der Waals surface area contributed by atoms with E-state index in [0.29, 0.717) is 37.7 Å². The number of hydrogen-bond donors (Lipinski definition) is 1. The summed E-state index contributed by atoms with van der Waals surface area (Å²) in [5.41, 5.74) is 2.20. The largest absolute Gasteiger partial charge is 0.339 e. The molecule has 0 aliphatic carbocycles. The van der Waals surface area contributed by atoms with Crippen LogP contribution in [-0.2, 0) is 10.2 Å². The molecule has 0 saturated carbocycles. The fraction of sp³-hybridized carbons (Fsp3) is 0.429. The Kier molecular flexibility index (Phi) is 5.63. The van der Waals surface area contributed by atoms with Crippen LogP contribution in [-0.4, -0.2) is 52.9 Å². The molecule has 2 aromatic rings. The van der Waals surface area contributed by atoms with Gasteiger partial charge in [-0.2, -0.15) is 0 Å². The third kappa shape index (κ3) is 4.47. The summed E-state index contributed by atoms with van der Waals surface area (Å²) in [6.45, 7) is 10.6. The molecule has 7 nitrogen and oxygen atoms in total. The molecule has 1 aromatic carbocycles. The quantitative estimate of drug-likeness (QED) is 0.884. The average Bonchev–Trinajstić information content (AvgIpc) is 2.68. The van der Waals surface area contributed by atoms with E-state index in [1.807, 2.05) is 34.1 Å². The van der Waals surface area contributed by atoms with E-state index < -0.39 is 0 Å². The number of para-hydroxylation sites is 1. The zero-order chi connectivity index (χ0) is 20.3. The second-order valence-corrected chi connectivity index (χ2v) is 8.01. The minimum atomic E-state index is -0.232. The van der Waals surface area contributed by atoms with Gasteiger partial charge in [0.1, 0.15) is 0 Å². The van der Waals surface area contributed by atoms with E-state index in [-0.39, 0.29) is 17.2 Å². The van der Waals surface area contributed by atoms with Gasteiger partial charge >= 0.3 is 0 Å². The van der Waals surface area contributed by atoms with Gasteiger partial charge in [-0.05, 0) is 17.0 Å². The zero-order valence-corrected chi connectivity index (χ0v) is 16.9. The van der Waals surface area contributed by atoms with Crippen molar-refractivity contribution in [2.45, 2.75) is 33.1 Å². The van der Waals surface area contributed by atoms with Crippen molar-refractivity contribution in [3.63, 3.8) is 0 Å². The third-order valence-corrected chi connectivity index (χ3v) is 4.89. The second kappa shape index (κ2) is 7.96. The smallest absolute Gasteiger partial charge is 0.258 e. The highest BCUT2D eigenvalue weighted by atomic mass is 16.2. The summed E-state index contributed by atoms with van der Waals surface area (Å²) in [7, 11) is 0. The van der Waals surface area contributed by atoms with E-state index in [1.54, 1.807) is 19.3 Å². The lowest BCUT2D eigenvalue weighted by Crippen LogP contribution is -2.48. The van der Waals surface area contributed by atoms with Crippen LogP contribution in [0.2, 0.25) is 0 Å². The molecule has 2 amide bonds. The molecule has 0 atom stereocenters. The van der Waals surface area contributed by atoms with Crippen molar-refractivity contribution >= 4 is 23.5 Å². The topological polar surface area (TPSA) is 78.4 Å². The maximum absolute atomic E-state index is 12.6. The molecule has 3 rings (SSSR count). The van der Waals surface area contributed by atoms with Gasteiger partial charge in [-0.1, -0.05) is 39.0 Å². The highest BCUT2D eigenvalue weighted by Gasteiger charge is 2.22. The van der Waals surface area contributed by atoms with Gasteiger partial charge in [0.05, 0.1) is 5.56 Å². The van der Waals surface area contributed by atoms with Crippen LogP contribution in [0.25, 0.3) is 0 Å². The van der Waals surface area contributed by atoms with E-state index >= 15 is 0 Å². The first-order valence-corrected chi connectivity index (χ1v) is 9.49. The van der Waals surface area contributed by atoms with Crippen LogP contribution in [0.4, 0.5) is 11.6 Å². The van der Waals surface area contributed by atoms with Crippen molar-refractivity contribution < 1.29 is 9.59 Å². The van der Waals surface area contributed by atoms with Crippen molar-refractivity contribution in [1.29, 1.82) is 0 Å². The summed E-state index contributed by atoms with van der Waals surface area (Å²) < 4.78 is 0. The molecule has 1 aliphatic heterocycles. The van der Waals surface area contributed by atoms with E-state index in [0.717, 1.165) is 11.3 Å². The maximum Gasteiger partial charge on any atom is 0.258 e. The predicted molar refractivity (Wildman–Crippen MR) is 110 cm³/mol. The van der Waals surface area contributed by atoms with Gasteiger partial charge in [0.25, 0.3) is 5.91 Å². The van der Waals surface area contributed by atoms with Gasteiger partial charge in [-0.25, -0.2) is 9.97 Å². The number of anilines is 2. The van der Waals surface area contributed by atoms with Crippen LogP contribution >= 0.6 is 0 Å². The van der Waals surface area contributed by atoms with Crippen molar-refractivity contribution in [2.24, 2.45) is 0 Å². The lowest BCUT2D eigenvalue weighted by Gasteiger charge is -2.34.